The number of ether oxygens (including phenoxy) is 1. The van der Waals surface area contributed by atoms with Crippen LogP contribution >= 0.6 is 0 Å². The van der Waals surface area contributed by atoms with E-state index in [0.717, 1.165) is 74.3 Å². The first-order chi connectivity index (χ1) is 17.6. The number of nitrogens with zero attached hydrogens (tertiary/aromatic N) is 2. The Kier molecular flexibility index (Phi) is 9.33. The van der Waals surface area contributed by atoms with Gasteiger partial charge in [-0.15, -0.1) is 0 Å². The van der Waals surface area contributed by atoms with Crippen LogP contribution in [0.4, 0.5) is 0 Å². The van der Waals surface area contributed by atoms with E-state index in [9.17, 15) is 4.79 Å². The van der Waals surface area contributed by atoms with Gasteiger partial charge in [-0.2, -0.15) is 0 Å². The van der Waals surface area contributed by atoms with Crippen LogP contribution in [-0.2, 0) is 9.53 Å². The fraction of sp³-hybridized carbons (Fsp3) is 0.500. The van der Waals surface area contributed by atoms with E-state index in [0.29, 0.717) is 12.3 Å². The van der Waals surface area contributed by atoms with Crippen molar-refractivity contribution in [2.24, 2.45) is 23.4 Å². The lowest BCUT2D eigenvalue weighted by Crippen LogP contribution is -2.45. The monoisotopic (exact) mass is 492 g/mol. The van der Waals surface area contributed by atoms with Crippen molar-refractivity contribution in [2.75, 3.05) is 26.7 Å². The third-order valence-electron chi connectivity index (χ3n) is 7.56. The minimum Gasteiger partial charge on any atom is -0.501 e. The fourth-order valence-corrected chi connectivity index (χ4v) is 5.46. The summed E-state index contributed by atoms with van der Waals surface area (Å²) in [5.74, 6) is 7.05. The summed E-state index contributed by atoms with van der Waals surface area (Å²) in [5.41, 5.74) is 12.0. The molecule has 8 nitrogen and oxygen atoms in total. The molecular weight excluding hydrogens is 452 g/mol. The van der Waals surface area contributed by atoms with Crippen LogP contribution in [0, 0.1) is 11.8 Å². The SMILES string of the molecule is COC1=CC=CCC1CCN1CCCCC(NC(=O)C2C=CC(NN)=C(C(N)c3ccncc3)C2)C1. The van der Waals surface area contributed by atoms with Gasteiger partial charge < -0.3 is 26.1 Å². The number of hydrogen-bond acceptors (Lipinski definition) is 7. The molecule has 1 amide bonds. The fourth-order valence-electron chi connectivity index (χ4n) is 5.46. The molecule has 1 aliphatic heterocycles. The van der Waals surface area contributed by atoms with Gasteiger partial charge in [0.1, 0.15) is 0 Å². The Morgan fingerprint density at radius 3 is 2.92 bits per heavy atom. The molecule has 4 unspecified atom stereocenters. The van der Waals surface area contributed by atoms with E-state index >= 15 is 0 Å². The third kappa shape index (κ3) is 6.63. The normalized spacial score (nSPS) is 25.6. The molecule has 1 saturated heterocycles. The van der Waals surface area contributed by atoms with Gasteiger partial charge in [-0.3, -0.25) is 15.6 Å². The van der Waals surface area contributed by atoms with E-state index in [1.165, 1.54) is 0 Å². The van der Waals surface area contributed by atoms with Gasteiger partial charge in [0.25, 0.3) is 0 Å². The summed E-state index contributed by atoms with van der Waals surface area (Å²) in [6, 6.07) is 3.59. The number of likely N-dealkylation sites (tertiary alicyclic amines) is 1. The topological polar surface area (TPSA) is 119 Å². The highest BCUT2D eigenvalue weighted by Gasteiger charge is 2.29. The van der Waals surface area contributed by atoms with E-state index in [1.54, 1.807) is 19.5 Å². The van der Waals surface area contributed by atoms with E-state index in [-0.39, 0.29) is 23.9 Å². The molecule has 4 rings (SSSR count). The highest BCUT2D eigenvalue weighted by Crippen LogP contribution is 2.31. The molecule has 194 valence electrons. The molecule has 2 aliphatic carbocycles. The van der Waals surface area contributed by atoms with Crippen molar-refractivity contribution >= 4 is 5.91 Å². The molecule has 0 spiro atoms. The summed E-state index contributed by atoms with van der Waals surface area (Å²) >= 11 is 0. The van der Waals surface area contributed by atoms with Crippen molar-refractivity contribution in [1.82, 2.24) is 20.6 Å². The Labute approximate surface area is 214 Å². The van der Waals surface area contributed by atoms with Gasteiger partial charge in [0, 0.05) is 36.6 Å². The van der Waals surface area contributed by atoms with Gasteiger partial charge in [-0.25, -0.2) is 0 Å². The van der Waals surface area contributed by atoms with Crippen LogP contribution in [0.15, 0.2) is 71.9 Å². The number of carbonyl (C=O) groups excluding carboxylic acids is 1. The zero-order chi connectivity index (χ0) is 25.3. The number of aromatic nitrogens is 1. The van der Waals surface area contributed by atoms with E-state index in [1.807, 2.05) is 24.3 Å². The van der Waals surface area contributed by atoms with Crippen LogP contribution in [-0.4, -0.2) is 48.6 Å². The zero-order valence-corrected chi connectivity index (χ0v) is 21.2. The minimum atomic E-state index is -0.353. The summed E-state index contributed by atoms with van der Waals surface area (Å²) in [4.78, 5) is 19.9. The summed E-state index contributed by atoms with van der Waals surface area (Å²) in [5, 5.41) is 3.34. The molecule has 2 heterocycles. The number of amides is 1. The third-order valence-corrected chi connectivity index (χ3v) is 7.56. The second kappa shape index (κ2) is 12.9. The predicted octanol–water partition coefficient (Wildman–Crippen LogP) is 2.84. The van der Waals surface area contributed by atoms with Crippen molar-refractivity contribution in [3.63, 3.8) is 0 Å². The minimum absolute atomic E-state index is 0.0515. The van der Waals surface area contributed by atoms with Crippen LogP contribution in [0.2, 0.25) is 0 Å². The lowest BCUT2D eigenvalue weighted by atomic mass is 9.85. The highest BCUT2D eigenvalue weighted by atomic mass is 16.5. The quantitative estimate of drug-likeness (QED) is 0.309. The highest BCUT2D eigenvalue weighted by molar-refractivity contribution is 5.81. The smallest absolute Gasteiger partial charge is 0.227 e. The number of pyridine rings is 1. The van der Waals surface area contributed by atoms with Crippen molar-refractivity contribution in [3.8, 4) is 0 Å². The predicted molar refractivity (Wildman–Crippen MR) is 142 cm³/mol. The molecular formula is C28H40N6O2. The number of nitrogens with one attached hydrogen (secondary N) is 2. The number of rotatable bonds is 9. The Morgan fingerprint density at radius 2 is 2.14 bits per heavy atom. The van der Waals surface area contributed by atoms with Crippen molar-refractivity contribution in [1.29, 1.82) is 0 Å². The van der Waals surface area contributed by atoms with Gasteiger partial charge >= 0.3 is 0 Å². The van der Waals surface area contributed by atoms with Crippen LogP contribution in [0.1, 0.15) is 50.1 Å². The summed E-state index contributed by atoms with van der Waals surface area (Å²) in [7, 11) is 1.76. The Morgan fingerprint density at radius 1 is 1.31 bits per heavy atom. The van der Waals surface area contributed by atoms with Gasteiger partial charge in [-0.05, 0) is 80.6 Å². The van der Waals surface area contributed by atoms with Crippen molar-refractivity contribution < 1.29 is 9.53 Å². The van der Waals surface area contributed by atoms with Gasteiger partial charge in [0.15, 0.2) is 0 Å². The lowest BCUT2D eigenvalue weighted by molar-refractivity contribution is -0.124. The van der Waals surface area contributed by atoms with Crippen LogP contribution in [0.5, 0.6) is 0 Å². The number of nitrogens with two attached hydrogens (primary N) is 2. The standard InChI is InChI=1S/C28H40N6O2/c1-36-26-8-3-2-6-20(26)13-17-34-16-5-4-7-23(19-34)32-28(35)22-9-10-25(33-30)24(18-22)27(29)21-11-14-31-15-12-21/h2-3,8-12,14-15,20,22-23,27,33H,4-7,13,16-19,29-30H2,1H3,(H,32,35). The number of hydrogen-bond donors (Lipinski definition) is 4. The maximum atomic E-state index is 13.3. The molecule has 6 N–H and O–H groups in total. The average molecular weight is 493 g/mol. The Hall–Kier alpha value is -2.94. The molecule has 0 radical (unpaired) electrons. The van der Waals surface area contributed by atoms with Crippen molar-refractivity contribution in [3.05, 3.63) is 77.5 Å². The second-order valence-corrected chi connectivity index (χ2v) is 9.94. The number of carbonyl (C=O) groups is 1. The molecule has 0 saturated carbocycles. The summed E-state index contributed by atoms with van der Waals surface area (Å²) in [6.07, 6.45) is 19.5. The molecule has 3 aliphatic rings. The summed E-state index contributed by atoms with van der Waals surface area (Å²) < 4.78 is 5.58. The molecule has 0 bridgehead atoms. The maximum absolute atomic E-state index is 13.3. The first-order valence-electron chi connectivity index (χ1n) is 13.1. The number of allylic oxidation sites excluding steroid dienone is 5. The van der Waals surface area contributed by atoms with E-state index in [4.69, 9.17) is 16.3 Å². The van der Waals surface area contributed by atoms with E-state index in [2.05, 4.69) is 38.9 Å². The maximum Gasteiger partial charge on any atom is 0.227 e. The first-order valence-corrected chi connectivity index (χ1v) is 13.1. The Balaban J connectivity index is 1.34. The lowest BCUT2D eigenvalue weighted by Gasteiger charge is -2.30. The molecule has 1 fully saturated rings. The average Bonchev–Trinajstić information content (AvgIpc) is 3.16. The Bertz CT molecular complexity index is 1000. The number of hydrazine groups is 1. The molecule has 0 aromatic carbocycles. The largest absolute Gasteiger partial charge is 0.501 e. The van der Waals surface area contributed by atoms with Crippen LogP contribution in [0.3, 0.4) is 0 Å². The van der Waals surface area contributed by atoms with Crippen LogP contribution in [0.25, 0.3) is 0 Å². The summed E-state index contributed by atoms with van der Waals surface area (Å²) in [6.45, 7) is 2.96. The number of methoxy groups -OCH3 is 1. The van der Waals surface area contributed by atoms with Gasteiger partial charge in [0.05, 0.1) is 24.8 Å². The molecule has 1 aromatic heterocycles. The van der Waals surface area contributed by atoms with Gasteiger partial charge in [-0.1, -0.05) is 24.6 Å². The second-order valence-electron chi connectivity index (χ2n) is 9.94. The van der Waals surface area contributed by atoms with Gasteiger partial charge in [0.2, 0.25) is 5.91 Å². The van der Waals surface area contributed by atoms with E-state index < -0.39 is 0 Å². The molecule has 4 atom stereocenters. The van der Waals surface area contributed by atoms with Crippen LogP contribution < -0.4 is 22.3 Å². The zero-order valence-electron chi connectivity index (χ0n) is 21.2. The molecule has 8 heteroatoms. The van der Waals surface area contributed by atoms with Crippen molar-refractivity contribution in [2.45, 2.75) is 50.6 Å². The molecule has 36 heavy (non-hydrogen) atoms. The first kappa shape index (κ1) is 26.1. The molecule has 1 aromatic rings.